The van der Waals surface area contributed by atoms with E-state index in [1.807, 2.05) is 20.8 Å². The number of benzene rings is 1. The topological polar surface area (TPSA) is 98.9 Å². The maximum absolute atomic E-state index is 12.3. The van der Waals surface area contributed by atoms with Crippen molar-refractivity contribution < 1.29 is 9.59 Å². The summed E-state index contributed by atoms with van der Waals surface area (Å²) in [4.78, 5) is 24.2. The lowest BCUT2D eigenvalue weighted by atomic mass is 9.88. The Hall–Kier alpha value is -2.25. The van der Waals surface area contributed by atoms with E-state index in [9.17, 15) is 9.59 Å². The zero-order chi connectivity index (χ0) is 19.5. The summed E-state index contributed by atoms with van der Waals surface area (Å²) < 4.78 is 0. The van der Waals surface area contributed by atoms with Gasteiger partial charge in [-0.05, 0) is 12.1 Å². The lowest BCUT2D eigenvalue weighted by Gasteiger charge is -2.18. The quantitative estimate of drug-likeness (QED) is 0.628. The second-order valence-corrected chi connectivity index (χ2v) is 7.49. The number of amides is 3. The molecule has 0 bridgehead atoms. The molecular formula is C17H21Cl2N5O2. The smallest absolute Gasteiger partial charge is 0.324 e. The summed E-state index contributed by atoms with van der Waals surface area (Å²) in [6.07, 6.45) is 0.0904. The van der Waals surface area contributed by atoms with Gasteiger partial charge in [-0.2, -0.15) is 5.10 Å². The molecule has 3 amide bonds. The molecule has 0 radical (unpaired) electrons. The minimum Gasteiger partial charge on any atom is -0.359 e. The number of carbonyl (C=O) groups is 2. The zero-order valence-electron chi connectivity index (χ0n) is 15.0. The minimum absolute atomic E-state index is 0.0904. The number of anilines is 2. The summed E-state index contributed by atoms with van der Waals surface area (Å²) in [5, 5.41) is 15.5. The van der Waals surface area contributed by atoms with Crippen LogP contribution in [0.3, 0.4) is 0 Å². The first-order chi connectivity index (χ1) is 12.1. The van der Waals surface area contributed by atoms with Gasteiger partial charge in [-0.3, -0.25) is 15.2 Å². The van der Waals surface area contributed by atoms with Crippen LogP contribution in [0.1, 0.15) is 32.0 Å². The first-order valence-corrected chi connectivity index (χ1v) is 8.69. The van der Waals surface area contributed by atoms with Crippen molar-refractivity contribution in [2.24, 2.45) is 0 Å². The van der Waals surface area contributed by atoms with Crippen molar-refractivity contribution >= 4 is 46.6 Å². The van der Waals surface area contributed by atoms with Gasteiger partial charge in [0.05, 0.1) is 27.8 Å². The Bertz CT molecular complexity index is 827. The van der Waals surface area contributed by atoms with Gasteiger partial charge >= 0.3 is 6.03 Å². The van der Waals surface area contributed by atoms with Gasteiger partial charge in [-0.25, -0.2) is 4.79 Å². The van der Waals surface area contributed by atoms with Gasteiger partial charge in [0.1, 0.15) is 5.82 Å². The third-order valence-electron chi connectivity index (χ3n) is 3.63. The molecule has 0 saturated heterocycles. The van der Waals surface area contributed by atoms with Gasteiger partial charge in [0.25, 0.3) is 0 Å². The molecule has 2 rings (SSSR count). The Labute approximate surface area is 161 Å². The van der Waals surface area contributed by atoms with Crippen molar-refractivity contribution in [1.82, 2.24) is 15.5 Å². The van der Waals surface area contributed by atoms with Crippen LogP contribution in [-0.4, -0.2) is 29.2 Å². The number of likely N-dealkylation sites (N-methyl/N-ethyl adjacent to an activating group) is 1. The summed E-state index contributed by atoms with van der Waals surface area (Å²) in [7, 11) is 1.56. The van der Waals surface area contributed by atoms with Crippen LogP contribution in [-0.2, 0) is 16.6 Å². The highest BCUT2D eigenvalue weighted by atomic mass is 35.5. The molecule has 1 aromatic heterocycles. The van der Waals surface area contributed by atoms with E-state index in [1.54, 1.807) is 25.2 Å². The van der Waals surface area contributed by atoms with Crippen LogP contribution in [0.4, 0.5) is 16.3 Å². The number of nitrogens with zero attached hydrogens (tertiary/aromatic N) is 1. The Morgan fingerprint density at radius 1 is 1.19 bits per heavy atom. The lowest BCUT2D eigenvalue weighted by molar-refractivity contribution is -0.119. The highest BCUT2D eigenvalue weighted by Gasteiger charge is 2.26. The van der Waals surface area contributed by atoms with Crippen LogP contribution in [0.5, 0.6) is 0 Å². The molecule has 0 saturated carbocycles. The largest absolute Gasteiger partial charge is 0.359 e. The minimum atomic E-state index is -0.531. The Balaban J connectivity index is 2.25. The fraction of sp³-hybridized carbons (Fsp3) is 0.353. The number of urea groups is 1. The third kappa shape index (κ3) is 4.68. The SMILES string of the molecule is CNC(=O)Cc1c(C(C)(C)C)n[nH]c1NC(=O)Nc1cccc(Cl)c1Cl. The molecule has 0 unspecified atom stereocenters. The van der Waals surface area contributed by atoms with E-state index in [0.717, 1.165) is 0 Å². The van der Waals surface area contributed by atoms with Crippen molar-refractivity contribution in [2.75, 3.05) is 17.7 Å². The number of nitrogens with one attached hydrogen (secondary N) is 4. The average molecular weight is 398 g/mol. The molecule has 0 fully saturated rings. The van der Waals surface area contributed by atoms with Crippen LogP contribution in [0.2, 0.25) is 10.0 Å². The van der Waals surface area contributed by atoms with E-state index in [1.165, 1.54) is 0 Å². The Morgan fingerprint density at radius 3 is 2.50 bits per heavy atom. The molecule has 7 nitrogen and oxygen atoms in total. The highest BCUT2D eigenvalue weighted by Crippen LogP contribution is 2.31. The van der Waals surface area contributed by atoms with Gasteiger partial charge in [0, 0.05) is 18.0 Å². The van der Waals surface area contributed by atoms with E-state index in [-0.39, 0.29) is 22.8 Å². The van der Waals surface area contributed by atoms with Gasteiger partial charge in [-0.15, -0.1) is 0 Å². The summed E-state index contributed by atoms with van der Waals surface area (Å²) in [5.41, 5.74) is 1.41. The van der Waals surface area contributed by atoms with Gasteiger partial charge in [-0.1, -0.05) is 50.0 Å². The average Bonchev–Trinajstić information content (AvgIpc) is 2.94. The van der Waals surface area contributed by atoms with Crippen LogP contribution in [0.25, 0.3) is 0 Å². The van der Waals surface area contributed by atoms with E-state index >= 15 is 0 Å². The normalized spacial score (nSPS) is 11.2. The van der Waals surface area contributed by atoms with Crippen molar-refractivity contribution in [3.63, 3.8) is 0 Å². The molecule has 26 heavy (non-hydrogen) atoms. The summed E-state index contributed by atoms with van der Waals surface area (Å²) in [6.45, 7) is 5.93. The number of carbonyl (C=O) groups excluding carboxylic acids is 2. The number of hydrogen-bond acceptors (Lipinski definition) is 3. The van der Waals surface area contributed by atoms with Crippen molar-refractivity contribution in [2.45, 2.75) is 32.6 Å². The maximum atomic E-state index is 12.3. The van der Waals surface area contributed by atoms with Crippen molar-refractivity contribution in [1.29, 1.82) is 0 Å². The van der Waals surface area contributed by atoms with Crippen LogP contribution >= 0.6 is 23.2 Å². The molecule has 0 aliphatic carbocycles. The molecule has 1 aromatic carbocycles. The molecule has 140 valence electrons. The van der Waals surface area contributed by atoms with Crippen molar-refractivity contribution in [3.8, 4) is 0 Å². The number of aromatic amines is 1. The standard InChI is InChI=1S/C17H21Cl2N5O2/c1-17(2,3)14-9(8-12(25)20-4)15(24-23-14)22-16(26)21-11-7-5-6-10(18)13(11)19/h5-7H,8H2,1-4H3,(H,20,25)(H3,21,22,23,24,26). The second kappa shape index (κ2) is 7.97. The van der Waals surface area contributed by atoms with E-state index < -0.39 is 6.03 Å². The van der Waals surface area contributed by atoms with Crippen molar-refractivity contribution in [3.05, 3.63) is 39.5 Å². The molecule has 2 aromatic rings. The van der Waals surface area contributed by atoms with Crippen LogP contribution in [0, 0.1) is 0 Å². The molecule has 9 heteroatoms. The lowest BCUT2D eigenvalue weighted by Crippen LogP contribution is -2.25. The predicted octanol–water partition coefficient (Wildman–Crippen LogP) is 3.95. The molecule has 0 atom stereocenters. The number of hydrogen-bond donors (Lipinski definition) is 4. The van der Waals surface area contributed by atoms with Crippen LogP contribution in [0.15, 0.2) is 18.2 Å². The Morgan fingerprint density at radius 2 is 1.88 bits per heavy atom. The Kier molecular flexibility index (Phi) is 6.15. The fourth-order valence-corrected chi connectivity index (χ4v) is 2.73. The molecule has 0 spiro atoms. The van der Waals surface area contributed by atoms with E-state index in [4.69, 9.17) is 23.2 Å². The first-order valence-electron chi connectivity index (χ1n) is 7.93. The van der Waals surface area contributed by atoms with Crippen LogP contribution < -0.4 is 16.0 Å². The third-order valence-corrected chi connectivity index (χ3v) is 4.45. The maximum Gasteiger partial charge on any atom is 0.324 e. The molecule has 0 aliphatic rings. The number of rotatable bonds is 4. The molecule has 4 N–H and O–H groups in total. The number of aromatic nitrogens is 2. The van der Waals surface area contributed by atoms with E-state index in [0.29, 0.717) is 27.8 Å². The van der Waals surface area contributed by atoms with Gasteiger partial charge in [0.15, 0.2) is 0 Å². The molecular weight excluding hydrogens is 377 g/mol. The monoisotopic (exact) mass is 397 g/mol. The summed E-state index contributed by atoms with van der Waals surface area (Å²) >= 11 is 12.0. The summed E-state index contributed by atoms with van der Waals surface area (Å²) in [6, 6.07) is 4.40. The first kappa shape index (κ1) is 20.1. The molecule has 0 aliphatic heterocycles. The highest BCUT2D eigenvalue weighted by molar-refractivity contribution is 6.44. The van der Waals surface area contributed by atoms with Gasteiger partial charge < -0.3 is 10.6 Å². The number of halogens is 2. The summed E-state index contributed by atoms with van der Waals surface area (Å²) in [5.74, 6) is 0.174. The number of H-pyrrole nitrogens is 1. The van der Waals surface area contributed by atoms with E-state index in [2.05, 4.69) is 26.1 Å². The second-order valence-electron chi connectivity index (χ2n) is 6.71. The fourth-order valence-electron chi connectivity index (χ4n) is 2.38. The zero-order valence-corrected chi connectivity index (χ0v) is 16.5. The predicted molar refractivity (Wildman–Crippen MR) is 104 cm³/mol. The van der Waals surface area contributed by atoms with Gasteiger partial charge in [0.2, 0.25) is 5.91 Å². The molecule has 1 heterocycles.